The summed E-state index contributed by atoms with van der Waals surface area (Å²) in [5.41, 5.74) is 0.544. The summed E-state index contributed by atoms with van der Waals surface area (Å²) in [6.07, 6.45) is 0.911. The first-order chi connectivity index (χ1) is 9.27. The Bertz CT molecular complexity index is 415. The van der Waals surface area contributed by atoms with Crippen LogP contribution in [0.1, 0.15) is 33.3 Å². The smallest absolute Gasteiger partial charge is 0.122 e. The molecule has 1 aromatic rings. The highest BCUT2D eigenvalue weighted by molar-refractivity contribution is 5.33. The van der Waals surface area contributed by atoms with Crippen LogP contribution in [0.2, 0.25) is 0 Å². The zero-order valence-corrected chi connectivity index (χ0v) is 13.7. The van der Waals surface area contributed by atoms with Gasteiger partial charge in [0.25, 0.3) is 0 Å². The van der Waals surface area contributed by atoms with Crippen LogP contribution in [0, 0.1) is 5.92 Å². The molecule has 0 aliphatic rings. The van der Waals surface area contributed by atoms with E-state index < -0.39 is 5.60 Å². The molecular formula is C17H29NO2. The number of likely N-dealkylation sites (N-methyl/N-ethyl adjacent to an activating group) is 1. The fraction of sp³-hybridized carbons (Fsp3) is 0.647. The van der Waals surface area contributed by atoms with Crippen LogP contribution >= 0.6 is 0 Å². The second kappa shape index (κ2) is 7.09. The highest BCUT2D eigenvalue weighted by Gasteiger charge is 2.28. The minimum Gasteiger partial charge on any atom is -0.496 e. The van der Waals surface area contributed by atoms with E-state index in [1.165, 1.54) is 5.56 Å². The van der Waals surface area contributed by atoms with Crippen LogP contribution in [-0.4, -0.2) is 42.4 Å². The van der Waals surface area contributed by atoms with Gasteiger partial charge in [-0.15, -0.1) is 0 Å². The number of rotatable bonds is 7. The van der Waals surface area contributed by atoms with Gasteiger partial charge in [0.15, 0.2) is 0 Å². The number of hydrogen-bond donors (Lipinski definition) is 1. The highest BCUT2D eigenvalue weighted by Crippen LogP contribution is 2.22. The lowest BCUT2D eigenvalue weighted by Gasteiger charge is -2.35. The summed E-state index contributed by atoms with van der Waals surface area (Å²) >= 11 is 0. The van der Waals surface area contributed by atoms with Crippen molar-refractivity contribution in [2.75, 3.05) is 20.7 Å². The van der Waals surface area contributed by atoms with Crippen LogP contribution in [0.25, 0.3) is 0 Å². The third-order valence-electron chi connectivity index (χ3n) is 4.27. The maximum atomic E-state index is 10.4. The predicted octanol–water partition coefficient (Wildman–Crippen LogP) is 2.97. The summed E-state index contributed by atoms with van der Waals surface area (Å²) in [6, 6.07) is 8.46. The number of aliphatic hydroxyl groups is 1. The van der Waals surface area contributed by atoms with Gasteiger partial charge in [0, 0.05) is 12.6 Å². The van der Waals surface area contributed by atoms with Crippen molar-refractivity contribution in [2.24, 2.45) is 5.92 Å². The average molecular weight is 279 g/mol. The first kappa shape index (κ1) is 17.0. The molecule has 3 nitrogen and oxygen atoms in total. The van der Waals surface area contributed by atoms with E-state index in [2.05, 4.69) is 38.8 Å². The second-order valence-corrected chi connectivity index (χ2v) is 6.29. The van der Waals surface area contributed by atoms with Crippen LogP contribution in [0.3, 0.4) is 0 Å². The molecule has 0 saturated carbocycles. The van der Waals surface area contributed by atoms with Crippen molar-refractivity contribution in [2.45, 2.75) is 45.8 Å². The van der Waals surface area contributed by atoms with E-state index in [4.69, 9.17) is 4.74 Å². The van der Waals surface area contributed by atoms with E-state index in [-0.39, 0.29) is 5.92 Å². The molecule has 0 aliphatic heterocycles. The second-order valence-electron chi connectivity index (χ2n) is 6.29. The van der Waals surface area contributed by atoms with E-state index >= 15 is 0 Å². The van der Waals surface area contributed by atoms with Crippen molar-refractivity contribution >= 4 is 0 Å². The Morgan fingerprint density at radius 3 is 2.40 bits per heavy atom. The molecule has 20 heavy (non-hydrogen) atoms. The normalized spacial score (nSPS) is 16.2. The van der Waals surface area contributed by atoms with Gasteiger partial charge in [-0.25, -0.2) is 0 Å². The molecule has 2 atom stereocenters. The van der Waals surface area contributed by atoms with Gasteiger partial charge in [0.05, 0.1) is 12.7 Å². The lowest BCUT2D eigenvalue weighted by molar-refractivity contribution is -0.0205. The molecule has 0 radical (unpaired) electrons. The Balaban J connectivity index is 2.68. The molecule has 0 heterocycles. The summed E-state index contributed by atoms with van der Waals surface area (Å²) in [4.78, 5) is 2.21. The maximum Gasteiger partial charge on any atom is 0.122 e. The van der Waals surface area contributed by atoms with Crippen LogP contribution < -0.4 is 4.74 Å². The summed E-state index contributed by atoms with van der Waals surface area (Å²) in [7, 11) is 3.77. The Morgan fingerprint density at radius 2 is 1.85 bits per heavy atom. The number of methoxy groups -OCH3 is 1. The third kappa shape index (κ3) is 4.50. The summed E-state index contributed by atoms with van der Waals surface area (Å²) in [5.74, 6) is 1.17. The van der Waals surface area contributed by atoms with Crippen molar-refractivity contribution < 1.29 is 9.84 Å². The Kier molecular flexibility index (Phi) is 6.03. The van der Waals surface area contributed by atoms with Crippen molar-refractivity contribution in [1.29, 1.82) is 0 Å². The topological polar surface area (TPSA) is 32.7 Å². The van der Waals surface area contributed by atoms with Crippen molar-refractivity contribution in [3.8, 4) is 5.75 Å². The molecular weight excluding hydrogens is 250 g/mol. The first-order valence-corrected chi connectivity index (χ1v) is 7.32. The van der Waals surface area contributed by atoms with Crippen molar-refractivity contribution in [1.82, 2.24) is 4.90 Å². The van der Waals surface area contributed by atoms with Gasteiger partial charge in [-0.05, 0) is 44.9 Å². The highest BCUT2D eigenvalue weighted by atomic mass is 16.5. The zero-order chi connectivity index (χ0) is 15.3. The zero-order valence-electron chi connectivity index (χ0n) is 13.7. The van der Waals surface area contributed by atoms with E-state index in [0.717, 1.165) is 12.2 Å². The molecule has 0 fully saturated rings. The molecule has 2 unspecified atom stereocenters. The summed E-state index contributed by atoms with van der Waals surface area (Å²) in [6.45, 7) is 8.87. The average Bonchev–Trinajstić information content (AvgIpc) is 2.38. The fourth-order valence-electron chi connectivity index (χ4n) is 2.19. The number of benzene rings is 1. The standard InChI is InChI=1S/C17H29NO2/c1-13(2)17(4,19)12-18(5)14(3)11-15-9-7-8-10-16(15)20-6/h7-10,13-14,19H,11-12H2,1-6H3. The number of nitrogens with zero attached hydrogens (tertiary/aromatic N) is 1. The molecule has 0 saturated heterocycles. The maximum absolute atomic E-state index is 10.4. The monoisotopic (exact) mass is 279 g/mol. The van der Waals surface area contributed by atoms with Gasteiger partial charge in [-0.1, -0.05) is 32.0 Å². The third-order valence-corrected chi connectivity index (χ3v) is 4.27. The molecule has 1 N–H and O–H groups in total. The fourth-order valence-corrected chi connectivity index (χ4v) is 2.19. The van der Waals surface area contributed by atoms with Gasteiger partial charge < -0.3 is 14.7 Å². The van der Waals surface area contributed by atoms with Gasteiger partial charge in [0.2, 0.25) is 0 Å². The summed E-state index contributed by atoms with van der Waals surface area (Å²) in [5, 5.41) is 10.4. The molecule has 114 valence electrons. The van der Waals surface area contributed by atoms with E-state index in [1.807, 2.05) is 25.1 Å². The summed E-state index contributed by atoms with van der Waals surface area (Å²) < 4.78 is 5.40. The molecule has 1 aromatic carbocycles. The van der Waals surface area contributed by atoms with Crippen LogP contribution in [0.15, 0.2) is 24.3 Å². The molecule has 0 amide bonds. The molecule has 0 aliphatic carbocycles. The van der Waals surface area contributed by atoms with Gasteiger partial charge in [0.1, 0.15) is 5.75 Å². The van der Waals surface area contributed by atoms with E-state index in [0.29, 0.717) is 12.6 Å². The Hall–Kier alpha value is -1.06. The largest absolute Gasteiger partial charge is 0.496 e. The lowest BCUT2D eigenvalue weighted by atomic mass is 9.91. The molecule has 0 aromatic heterocycles. The molecule has 1 rings (SSSR count). The van der Waals surface area contributed by atoms with Crippen LogP contribution in [0.4, 0.5) is 0 Å². The lowest BCUT2D eigenvalue weighted by Crippen LogP contribution is -2.46. The van der Waals surface area contributed by atoms with Gasteiger partial charge in [-0.3, -0.25) is 0 Å². The first-order valence-electron chi connectivity index (χ1n) is 7.32. The van der Waals surface area contributed by atoms with Gasteiger partial charge >= 0.3 is 0 Å². The van der Waals surface area contributed by atoms with E-state index in [1.54, 1.807) is 7.11 Å². The SMILES string of the molecule is COc1ccccc1CC(C)N(C)CC(C)(O)C(C)C. The number of para-hydroxylation sites is 1. The minimum atomic E-state index is -0.663. The predicted molar refractivity (Wildman–Crippen MR) is 84.3 cm³/mol. The Morgan fingerprint density at radius 1 is 1.25 bits per heavy atom. The number of hydrogen-bond acceptors (Lipinski definition) is 3. The van der Waals surface area contributed by atoms with Gasteiger partial charge in [-0.2, -0.15) is 0 Å². The van der Waals surface area contributed by atoms with Crippen LogP contribution in [0.5, 0.6) is 5.75 Å². The minimum absolute atomic E-state index is 0.239. The van der Waals surface area contributed by atoms with Crippen molar-refractivity contribution in [3.63, 3.8) is 0 Å². The van der Waals surface area contributed by atoms with E-state index in [9.17, 15) is 5.11 Å². The molecule has 3 heteroatoms. The molecule has 0 spiro atoms. The quantitative estimate of drug-likeness (QED) is 0.833. The Labute approximate surface area is 123 Å². The van der Waals surface area contributed by atoms with Crippen LogP contribution in [-0.2, 0) is 6.42 Å². The van der Waals surface area contributed by atoms with Crippen molar-refractivity contribution in [3.05, 3.63) is 29.8 Å². The number of ether oxygens (including phenoxy) is 1. The molecule has 0 bridgehead atoms.